The standard InChI is InChI=1S/C9H3F5O4/c10-4-2-1-3(5(11)6(4)12)9(13,14)18-8(17)7(15)16/h1-2H,(H,15,16). The normalized spacial score (nSPS) is 11.2. The molecule has 0 radical (unpaired) electrons. The molecule has 9 heteroatoms. The molecule has 0 saturated heterocycles. The Hall–Kier alpha value is -2.19. The number of ether oxygens (including phenoxy) is 1. The predicted octanol–water partition coefficient (Wildman–Crippen LogP) is 1.78. The molecule has 0 saturated carbocycles. The first-order valence-electron chi connectivity index (χ1n) is 4.15. The molecule has 0 aliphatic carbocycles. The average molecular weight is 270 g/mol. The van der Waals surface area contributed by atoms with Gasteiger partial charge in [0.25, 0.3) is 0 Å². The molecule has 0 unspecified atom stereocenters. The molecule has 98 valence electrons. The van der Waals surface area contributed by atoms with Gasteiger partial charge in [0.1, 0.15) is 5.56 Å². The maximum Gasteiger partial charge on any atom is 0.432 e. The number of carboxylic acid groups (broad SMARTS) is 1. The van der Waals surface area contributed by atoms with Gasteiger partial charge in [0.2, 0.25) is 0 Å². The van der Waals surface area contributed by atoms with E-state index in [9.17, 15) is 31.5 Å². The highest BCUT2D eigenvalue weighted by Gasteiger charge is 2.42. The molecule has 1 aromatic rings. The Morgan fingerprint density at radius 2 is 1.67 bits per heavy atom. The molecule has 0 heterocycles. The number of carbonyl (C=O) groups is 2. The SMILES string of the molecule is O=C(O)C(=O)OC(F)(F)c1ccc(F)c(F)c1F. The van der Waals surface area contributed by atoms with Crippen LogP contribution in [-0.2, 0) is 20.4 Å². The summed E-state index contributed by atoms with van der Waals surface area (Å²) in [5, 5.41) is 8.02. The van der Waals surface area contributed by atoms with Gasteiger partial charge in [-0.05, 0) is 12.1 Å². The van der Waals surface area contributed by atoms with Crippen LogP contribution in [0.3, 0.4) is 0 Å². The van der Waals surface area contributed by atoms with Crippen LogP contribution in [0.15, 0.2) is 12.1 Å². The van der Waals surface area contributed by atoms with Crippen LogP contribution in [0.25, 0.3) is 0 Å². The number of halogens is 5. The maximum absolute atomic E-state index is 13.1. The number of esters is 1. The van der Waals surface area contributed by atoms with Crippen molar-refractivity contribution in [3.63, 3.8) is 0 Å². The van der Waals surface area contributed by atoms with Gasteiger partial charge >= 0.3 is 18.0 Å². The van der Waals surface area contributed by atoms with Gasteiger partial charge in [-0.25, -0.2) is 22.8 Å². The van der Waals surface area contributed by atoms with E-state index < -0.39 is 41.1 Å². The van der Waals surface area contributed by atoms with E-state index in [1.54, 1.807) is 0 Å². The summed E-state index contributed by atoms with van der Waals surface area (Å²) in [7, 11) is 0. The molecular formula is C9H3F5O4. The summed E-state index contributed by atoms with van der Waals surface area (Å²) < 4.78 is 67.5. The molecule has 1 aromatic carbocycles. The Labute approximate surface area is 95.6 Å². The molecule has 0 aliphatic rings. The number of benzene rings is 1. The zero-order valence-corrected chi connectivity index (χ0v) is 8.22. The summed E-state index contributed by atoms with van der Waals surface area (Å²) >= 11 is 0. The fraction of sp³-hybridized carbons (Fsp3) is 0.111. The van der Waals surface area contributed by atoms with Crippen molar-refractivity contribution in [2.45, 2.75) is 6.11 Å². The summed E-state index contributed by atoms with van der Waals surface area (Å²) in [6.07, 6.45) is -4.74. The summed E-state index contributed by atoms with van der Waals surface area (Å²) in [6, 6.07) is 0.305. The van der Waals surface area contributed by atoms with Crippen molar-refractivity contribution in [2.75, 3.05) is 0 Å². The molecule has 18 heavy (non-hydrogen) atoms. The lowest BCUT2D eigenvalue weighted by molar-refractivity contribution is -0.242. The smallest absolute Gasteiger partial charge is 0.432 e. The molecule has 0 amide bonds. The third-order valence-corrected chi connectivity index (χ3v) is 1.74. The highest BCUT2D eigenvalue weighted by molar-refractivity contribution is 6.28. The van der Waals surface area contributed by atoms with Gasteiger partial charge in [0, 0.05) is 0 Å². The first-order valence-corrected chi connectivity index (χ1v) is 4.15. The predicted molar refractivity (Wildman–Crippen MR) is 43.9 cm³/mol. The third-order valence-electron chi connectivity index (χ3n) is 1.74. The molecule has 1 N–H and O–H groups in total. The van der Waals surface area contributed by atoms with Crippen LogP contribution in [-0.4, -0.2) is 17.0 Å². The number of alkyl halides is 2. The number of rotatable bonds is 2. The van der Waals surface area contributed by atoms with Gasteiger partial charge in [-0.3, -0.25) is 0 Å². The lowest BCUT2D eigenvalue weighted by Gasteiger charge is -2.16. The van der Waals surface area contributed by atoms with Crippen molar-refractivity contribution < 1.29 is 41.4 Å². The Bertz CT molecular complexity index is 514. The minimum absolute atomic E-state index is 0.128. The van der Waals surface area contributed by atoms with Crippen molar-refractivity contribution in [1.82, 2.24) is 0 Å². The molecule has 0 fully saturated rings. The van der Waals surface area contributed by atoms with E-state index in [4.69, 9.17) is 5.11 Å². The molecule has 0 spiro atoms. The molecular weight excluding hydrogens is 267 g/mol. The van der Waals surface area contributed by atoms with Crippen molar-refractivity contribution in [2.24, 2.45) is 0 Å². The highest BCUT2D eigenvalue weighted by atomic mass is 19.3. The Kier molecular flexibility index (Phi) is 3.54. The van der Waals surface area contributed by atoms with Crippen LogP contribution in [0.1, 0.15) is 5.56 Å². The van der Waals surface area contributed by atoms with Crippen molar-refractivity contribution in [1.29, 1.82) is 0 Å². The number of hydrogen-bond acceptors (Lipinski definition) is 3. The fourth-order valence-corrected chi connectivity index (χ4v) is 0.966. The molecule has 0 aliphatic heterocycles. The second-order valence-electron chi connectivity index (χ2n) is 2.93. The van der Waals surface area contributed by atoms with Gasteiger partial charge < -0.3 is 9.84 Å². The van der Waals surface area contributed by atoms with Crippen LogP contribution in [0.5, 0.6) is 0 Å². The van der Waals surface area contributed by atoms with Crippen molar-refractivity contribution in [3.8, 4) is 0 Å². The second-order valence-corrected chi connectivity index (χ2v) is 2.93. The van der Waals surface area contributed by atoms with E-state index in [1.807, 2.05) is 0 Å². The molecule has 1 rings (SSSR count). The first-order chi connectivity index (χ1) is 8.16. The number of carbonyl (C=O) groups excluding carboxylic acids is 1. The van der Waals surface area contributed by atoms with Crippen molar-refractivity contribution >= 4 is 11.9 Å². The van der Waals surface area contributed by atoms with Gasteiger partial charge in [0.05, 0.1) is 0 Å². The largest absolute Gasteiger partial charge is 0.473 e. The number of aliphatic carboxylic acids is 1. The van der Waals surface area contributed by atoms with Gasteiger partial charge in [-0.1, -0.05) is 0 Å². The zero-order valence-electron chi connectivity index (χ0n) is 8.22. The minimum atomic E-state index is -4.74. The van der Waals surface area contributed by atoms with E-state index in [2.05, 4.69) is 4.74 Å². The summed E-state index contributed by atoms with van der Waals surface area (Å²) in [6.45, 7) is 0. The molecule has 4 nitrogen and oxygen atoms in total. The Morgan fingerprint density at radius 1 is 1.11 bits per heavy atom. The van der Waals surface area contributed by atoms with Gasteiger partial charge in [-0.15, -0.1) is 0 Å². The summed E-state index contributed by atoms with van der Waals surface area (Å²) in [4.78, 5) is 20.4. The van der Waals surface area contributed by atoms with Crippen molar-refractivity contribution in [3.05, 3.63) is 35.1 Å². The van der Waals surface area contributed by atoms with E-state index in [0.29, 0.717) is 0 Å². The van der Waals surface area contributed by atoms with Gasteiger partial charge in [-0.2, -0.15) is 8.78 Å². The quantitative estimate of drug-likeness (QED) is 0.385. The summed E-state index contributed by atoms with van der Waals surface area (Å²) in [5.74, 6) is -10.9. The maximum atomic E-state index is 13.1. The molecule has 0 bridgehead atoms. The fourth-order valence-electron chi connectivity index (χ4n) is 0.966. The molecule has 0 atom stereocenters. The Morgan fingerprint density at radius 3 is 2.17 bits per heavy atom. The van der Waals surface area contributed by atoms with E-state index >= 15 is 0 Å². The number of hydrogen-bond donors (Lipinski definition) is 1. The van der Waals surface area contributed by atoms with Crippen LogP contribution in [0, 0.1) is 17.5 Å². The third kappa shape index (κ3) is 2.55. The Balaban J connectivity index is 3.17. The zero-order chi connectivity index (χ0) is 14.1. The molecule has 0 aromatic heterocycles. The minimum Gasteiger partial charge on any atom is -0.473 e. The van der Waals surface area contributed by atoms with E-state index in [1.165, 1.54) is 0 Å². The summed E-state index contributed by atoms with van der Waals surface area (Å²) in [5.41, 5.74) is -1.80. The first kappa shape index (κ1) is 13.9. The average Bonchev–Trinajstić information content (AvgIpc) is 2.24. The van der Waals surface area contributed by atoms with Crippen LogP contribution < -0.4 is 0 Å². The van der Waals surface area contributed by atoms with E-state index in [-0.39, 0.29) is 12.1 Å². The van der Waals surface area contributed by atoms with Gasteiger partial charge in [0.15, 0.2) is 17.5 Å². The monoisotopic (exact) mass is 270 g/mol. The topological polar surface area (TPSA) is 63.6 Å². The highest BCUT2D eigenvalue weighted by Crippen LogP contribution is 2.33. The lowest BCUT2D eigenvalue weighted by Crippen LogP contribution is -2.28. The lowest BCUT2D eigenvalue weighted by atomic mass is 10.2. The van der Waals surface area contributed by atoms with Crippen LogP contribution in [0.4, 0.5) is 22.0 Å². The second kappa shape index (κ2) is 4.59. The number of carboxylic acids is 1. The van der Waals surface area contributed by atoms with Crippen LogP contribution in [0.2, 0.25) is 0 Å². The van der Waals surface area contributed by atoms with Crippen LogP contribution >= 0.6 is 0 Å². The van der Waals surface area contributed by atoms with E-state index in [0.717, 1.165) is 0 Å².